The molecule has 0 aliphatic carbocycles. The average Bonchev–Trinajstić information content (AvgIpc) is 2.29. The van der Waals surface area contributed by atoms with E-state index in [9.17, 15) is 9.90 Å². The number of halogens is 1. The number of carbonyl (C=O) groups excluding carboxylic acids is 1. The lowest BCUT2D eigenvalue weighted by Crippen LogP contribution is -2.14. The van der Waals surface area contributed by atoms with Crippen molar-refractivity contribution in [3.8, 4) is 0 Å². The maximum absolute atomic E-state index is 10.4. The highest BCUT2D eigenvalue weighted by atomic mass is 35.5. The molecule has 1 aromatic heterocycles. The molecule has 0 spiro atoms. The van der Waals surface area contributed by atoms with Crippen molar-refractivity contribution in [1.29, 1.82) is 0 Å². The molecule has 0 fully saturated rings. The van der Waals surface area contributed by atoms with Gasteiger partial charge in [0.1, 0.15) is 0 Å². The van der Waals surface area contributed by atoms with Crippen molar-refractivity contribution in [3.05, 3.63) is 20.8 Å². The molecule has 0 radical (unpaired) electrons. The fourth-order valence-corrected chi connectivity index (χ4v) is 2.27. The summed E-state index contributed by atoms with van der Waals surface area (Å²) < 4.78 is 0.476. The molecular formula is C8H9ClO2S. The van der Waals surface area contributed by atoms with E-state index in [1.807, 2.05) is 0 Å². The second kappa shape index (κ2) is 3.17. The van der Waals surface area contributed by atoms with Crippen LogP contribution in [0, 0.1) is 0 Å². The first kappa shape index (κ1) is 9.71. The molecule has 1 rings (SSSR count). The first-order valence-electron chi connectivity index (χ1n) is 3.42. The average molecular weight is 205 g/mol. The minimum atomic E-state index is -0.977. The molecule has 0 aliphatic rings. The Morgan fingerprint density at radius 3 is 2.50 bits per heavy atom. The van der Waals surface area contributed by atoms with Crippen LogP contribution in [0.1, 0.15) is 29.1 Å². The van der Waals surface area contributed by atoms with Crippen molar-refractivity contribution in [3.63, 3.8) is 0 Å². The third kappa shape index (κ3) is 1.86. The van der Waals surface area contributed by atoms with Gasteiger partial charge in [0.05, 0.1) is 14.8 Å². The van der Waals surface area contributed by atoms with Crippen LogP contribution in [0.15, 0.2) is 6.07 Å². The van der Waals surface area contributed by atoms with Gasteiger partial charge in [-0.3, -0.25) is 4.79 Å². The van der Waals surface area contributed by atoms with Crippen molar-refractivity contribution in [2.24, 2.45) is 0 Å². The Bertz CT molecular complexity index is 298. The van der Waals surface area contributed by atoms with Crippen LogP contribution in [0.25, 0.3) is 0 Å². The van der Waals surface area contributed by atoms with Crippen molar-refractivity contribution in [2.45, 2.75) is 19.4 Å². The maximum atomic E-state index is 10.4. The quantitative estimate of drug-likeness (QED) is 0.752. The fourth-order valence-electron chi connectivity index (χ4n) is 0.862. The van der Waals surface area contributed by atoms with Gasteiger partial charge in [-0.25, -0.2) is 0 Å². The molecule has 0 atom stereocenters. The van der Waals surface area contributed by atoms with E-state index >= 15 is 0 Å². The van der Waals surface area contributed by atoms with Gasteiger partial charge >= 0.3 is 0 Å². The first-order valence-corrected chi connectivity index (χ1v) is 4.62. The van der Waals surface area contributed by atoms with Gasteiger partial charge < -0.3 is 5.11 Å². The third-order valence-electron chi connectivity index (χ3n) is 1.48. The van der Waals surface area contributed by atoms with Crippen molar-refractivity contribution >= 4 is 29.2 Å². The van der Waals surface area contributed by atoms with Gasteiger partial charge in [-0.1, -0.05) is 11.6 Å². The van der Waals surface area contributed by atoms with E-state index in [2.05, 4.69) is 0 Å². The molecular weight excluding hydrogens is 196 g/mol. The van der Waals surface area contributed by atoms with Crippen molar-refractivity contribution in [2.75, 3.05) is 0 Å². The standard InChI is InChI=1S/C8H9ClO2S/c1-8(2,11)6-3-5(4-10)12-7(6)9/h3-4,11H,1-2H3. The van der Waals surface area contributed by atoms with Crippen LogP contribution in [-0.4, -0.2) is 11.4 Å². The molecule has 2 nitrogen and oxygen atoms in total. The van der Waals surface area contributed by atoms with Gasteiger partial charge in [-0.2, -0.15) is 0 Å². The molecule has 66 valence electrons. The Balaban J connectivity index is 3.16. The minimum Gasteiger partial charge on any atom is -0.386 e. The van der Waals surface area contributed by atoms with Crippen LogP contribution in [0.5, 0.6) is 0 Å². The number of rotatable bonds is 2. The molecule has 1 N–H and O–H groups in total. The molecule has 1 aromatic rings. The molecule has 0 aromatic carbocycles. The summed E-state index contributed by atoms with van der Waals surface area (Å²) in [5.41, 5.74) is -0.370. The molecule has 0 saturated carbocycles. The summed E-state index contributed by atoms with van der Waals surface area (Å²) in [4.78, 5) is 10.9. The zero-order valence-corrected chi connectivity index (χ0v) is 8.37. The van der Waals surface area contributed by atoms with E-state index in [1.165, 1.54) is 11.3 Å². The summed E-state index contributed by atoms with van der Waals surface area (Å²) in [6, 6.07) is 1.61. The van der Waals surface area contributed by atoms with Gasteiger partial charge in [-0.05, 0) is 19.9 Å². The topological polar surface area (TPSA) is 37.3 Å². The minimum absolute atomic E-state index is 0.476. The van der Waals surface area contributed by atoms with Crippen LogP contribution < -0.4 is 0 Å². The largest absolute Gasteiger partial charge is 0.386 e. The van der Waals surface area contributed by atoms with Gasteiger partial charge in [-0.15, -0.1) is 11.3 Å². The lowest BCUT2D eigenvalue weighted by molar-refractivity contribution is 0.0791. The summed E-state index contributed by atoms with van der Waals surface area (Å²) in [7, 11) is 0. The molecule has 0 aliphatic heterocycles. The third-order valence-corrected chi connectivity index (χ3v) is 2.77. The summed E-state index contributed by atoms with van der Waals surface area (Å²) in [5, 5.41) is 9.58. The predicted octanol–water partition coefficient (Wildman–Crippen LogP) is 2.44. The molecule has 0 unspecified atom stereocenters. The number of aldehydes is 1. The van der Waals surface area contributed by atoms with E-state index in [-0.39, 0.29) is 0 Å². The summed E-state index contributed by atoms with van der Waals surface area (Å²) in [6.07, 6.45) is 0.728. The lowest BCUT2D eigenvalue weighted by Gasteiger charge is -2.15. The number of hydrogen-bond acceptors (Lipinski definition) is 3. The normalized spacial score (nSPS) is 11.7. The highest BCUT2D eigenvalue weighted by Gasteiger charge is 2.21. The van der Waals surface area contributed by atoms with Crippen LogP contribution in [0.4, 0.5) is 0 Å². The fraction of sp³-hybridized carbons (Fsp3) is 0.375. The van der Waals surface area contributed by atoms with E-state index in [0.717, 1.165) is 6.29 Å². The molecule has 0 amide bonds. The number of aliphatic hydroxyl groups is 1. The predicted molar refractivity (Wildman–Crippen MR) is 50.0 cm³/mol. The van der Waals surface area contributed by atoms with Gasteiger partial charge in [0, 0.05) is 5.56 Å². The number of hydrogen-bond donors (Lipinski definition) is 1. The van der Waals surface area contributed by atoms with Crippen LogP contribution >= 0.6 is 22.9 Å². The van der Waals surface area contributed by atoms with Crippen LogP contribution in [-0.2, 0) is 5.60 Å². The van der Waals surface area contributed by atoms with Gasteiger partial charge in [0.2, 0.25) is 0 Å². The molecule has 4 heteroatoms. The molecule has 0 saturated heterocycles. The zero-order chi connectivity index (χ0) is 9.35. The van der Waals surface area contributed by atoms with E-state index in [0.29, 0.717) is 14.8 Å². The Kier molecular flexibility index (Phi) is 2.56. The van der Waals surface area contributed by atoms with Crippen LogP contribution in [0.2, 0.25) is 4.34 Å². The second-order valence-electron chi connectivity index (χ2n) is 3.01. The Labute approximate surface area is 79.8 Å². The van der Waals surface area contributed by atoms with E-state index in [1.54, 1.807) is 19.9 Å². The monoisotopic (exact) mass is 204 g/mol. The Hall–Kier alpha value is -0.380. The van der Waals surface area contributed by atoms with Crippen molar-refractivity contribution in [1.82, 2.24) is 0 Å². The van der Waals surface area contributed by atoms with E-state index in [4.69, 9.17) is 11.6 Å². The summed E-state index contributed by atoms with van der Waals surface area (Å²) in [5.74, 6) is 0. The molecule has 0 bridgehead atoms. The second-order valence-corrected chi connectivity index (χ2v) is 4.70. The number of carbonyl (C=O) groups is 1. The first-order chi connectivity index (χ1) is 5.45. The Morgan fingerprint density at radius 2 is 2.25 bits per heavy atom. The van der Waals surface area contributed by atoms with Gasteiger partial charge in [0.15, 0.2) is 6.29 Å². The zero-order valence-electron chi connectivity index (χ0n) is 6.80. The lowest BCUT2D eigenvalue weighted by atomic mass is 10.0. The summed E-state index contributed by atoms with van der Waals surface area (Å²) in [6.45, 7) is 3.27. The van der Waals surface area contributed by atoms with Gasteiger partial charge in [0.25, 0.3) is 0 Å². The highest BCUT2D eigenvalue weighted by molar-refractivity contribution is 7.17. The SMILES string of the molecule is CC(C)(O)c1cc(C=O)sc1Cl. The van der Waals surface area contributed by atoms with E-state index < -0.39 is 5.60 Å². The molecule has 1 heterocycles. The smallest absolute Gasteiger partial charge is 0.160 e. The van der Waals surface area contributed by atoms with Crippen LogP contribution in [0.3, 0.4) is 0 Å². The number of thiophene rings is 1. The molecule has 12 heavy (non-hydrogen) atoms. The summed E-state index contributed by atoms with van der Waals surface area (Å²) >= 11 is 6.99. The highest BCUT2D eigenvalue weighted by Crippen LogP contribution is 2.34. The van der Waals surface area contributed by atoms with Crippen molar-refractivity contribution < 1.29 is 9.90 Å². The maximum Gasteiger partial charge on any atom is 0.160 e. The Morgan fingerprint density at radius 1 is 1.67 bits per heavy atom.